The van der Waals surface area contributed by atoms with Crippen LogP contribution in [0.4, 0.5) is 0 Å². The van der Waals surface area contributed by atoms with E-state index >= 15 is 0 Å². The summed E-state index contributed by atoms with van der Waals surface area (Å²) in [7, 11) is -3.24. The van der Waals surface area contributed by atoms with Crippen molar-refractivity contribution in [1.82, 2.24) is 15.6 Å². The minimum absolute atomic E-state index is 0.0578. The van der Waals surface area contributed by atoms with Crippen LogP contribution in [0.3, 0.4) is 0 Å². The average molecular weight is 424 g/mol. The van der Waals surface area contributed by atoms with Crippen LogP contribution < -0.4 is 10.6 Å². The molecule has 0 saturated carbocycles. The first-order valence-corrected chi connectivity index (χ1v) is 11.7. The molecule has 0 spiro atoms. The number of nitrogens with one attached hydrogen (secondary N) is 2. The molecule has 2 N–H and O–H groups in total. The van der Waals surface area contributed by atoms with E-state index in [9.17, 15) is 18.0 Å². The molecule has 0 aliphatic rings. The Hall–Kier alpha value is -2.26. The van der Waals surface area contributed by atoms with Gasteiger partial charge in [-0.25, -0.2) is 13.4 Å². The zero-order valence-electron chi connectivity index (χ0n) is 16.4. The molecule has 1 aromatic carbocycles. The van der Waals surface area contributed by atoms with E-state index in [1.165, 1.54) is 23.5 Å². The van der Waals surface area contributed by atoms with Crippen molar-refractivity contribution in [2.24, 2.45) is 0 Å². The molecular weight excluding hydrogens is 398 g/mol. The molecule has 2 aromatic rings. The van der Waals surface area contributed by atoms with Crippen molar-refractivity contribution in [3.63, 3.8) is 0 Å². The highest BCUT2D eigenvalue weighted by atomic mass is 32.2. The third-order valence-electron chi connectivity index (χ3n) is 4.21. The molecular formula is C19H25N3O4S2. The first kappa shape index (κ1) is 22.0. The molecule has 0 radical (unpaired) electrons. The van der Waals surface area contributed by atoms with E-state index in [-0.39, 0.29) is 29.2 Å². The molecule has 2 amide bonds. The Balaban J connectivity index is 1.97. The number of nitrogens with zero attached hydrogens (tertiary/aromatic N) is 1. The van der Waals surface area contributed by atoms with Crippen molar-refractivity contribution in [3.05, 3.63) is 34.7 Å². The largest absolute Gasteiger partial charge is 0.352 e. The van der Waals surface area contributed by atoms with Gasteiger partial charge in [0, 0.05) is 23.2 Å². The van der Waals surface area contributed by atoms with Crippen molar-refractivity contribution in [2.45, 2.75) is 50.6 Å². The zero-order chi connectivity index (χ0) is 20.9. The molecule has 28 heavy (non-hydrogen) atoms. The smallest absolute Gasteiger partial charge is 0.242 e. The van der Waals surface area contributed by atoms with Crippen LogP contribution in [0.25, 0.3) is 11.3 Å². The standard InChI is InChI=1S/C19H25N3O4S2/c1-5-12(2)20-19(24)13(3)21-17(23)10-18-22-16(11-27-18)14-6-8-15(9-7-14)28(4,25)26/h6-9,11-13H,5,10H2,1-4H3,(H,20,24)(H,21,23)/t12-,13+/m1/s1. The van der Waals surface area contributed by atoms with Gasteiger partial charge in [-0.2, -0.15) is 0 Å². The average Bonchev–Trinajstić information content (AvgIpc) is 3.09. The van der Waals surface area contributed by atoms with Gasteiger partial charge in [-0.05, 0) is 32.4 Å². The summed E-state index contributed by atoms with van der Waals surface area (Å²) in [5, 5.41) is 7.95. The van der Waals surface area contributed by atoms with Gasteiger partial charge in [-0.3, -0.25) is 9.59 Å². The molecule has 9 heteroatoms. The van der Waals surface area contributed by atoms with Crippen LogP contribution in [0.5, 0.6) is 0 Å². The van der Waals surface area contributed by atoms with Crippen LogP contribution in [0.15, 0.2) is 34.5 Å². The summed E-state index contributed by atoms with van der Waals surface area (Å²) in [6.45, 7) is 5.53. The number of amides is 2. The van der Waals surface area contributed by atoms with E-state index < -0.39 is 15.9 Å². The minimum atomic E-state index is -3.24. The Bertz CT molecular complexity index is 936. The molecule has 0 aliphatic heterocycles. The number of rotatable bonds is 8. The lowest BCUT2D eigenvalue weighted by molar-refractivity contribution is -0.128. The number of thiazole rings is 1. The molecule has 7 nitrogen and oxygen atoms in total. The summed E-state index contributed by atoms with van der Waals surface area (Å²) in [6.07, 6.45) is 2.05. The van der Waals surface area contributed by atoms with Crippen LogP contribution in [0.1, 0.15) is 32.2 Å². The van der Waals surface area contributed by atoms with Crippen LogP contribution in [0, 0.1) is 0 Å². The van der Waals surface area contributed by atoms with E-state index in [0.717, 1.165) is 18.2 Å². The summed E-state index contributed by atoms with van der Waals surface area (Å²) in [5.41, 5.74) is 1.45. The summed E-state index contributed by atoms with van der Waals surface area (Å²) in [5.74, 6) is -0.492. The summed E-state index contributed by atoms with van der Waals surface area (Å²) < 4.78 is 23.1. The lowest BCUT2D eigenvalue weighted by Crippen LogP contribution is -2.47. The first-order chi connectivity index (χ1) is 13.1. The number of aromatic nitrogens is 1. The number of carbonyl (C=O) groups is 2. The highest BCUT2D eigenvalue weighted by Crippen LogP contribution is 2.23. The second kappa shape index (κ2) is 9.29. The first-order valence-electron chi connectivity index (χ1n) is 8.94. The predicted molar refractivity (Wildman–Crippen MR) is 110 cm³/mol. The lowest BCUT2D eigenvalue weighted by Gasteiger charge is -2.17. The summed E-state index contributed by atoms with van der Waals surface area (Å²) in [4.78, 5) is 28.9. The van der Waals surface area contributed by atoms with Gasteiger partial charge in [0.15, 0.2) is 9.84 Å². The van der Waals surface area contributed by atoms with E-state index in [1.54, 1.807) is 19.1 Å². The Morgan fingerprint density at radius 2 is 1.79 bits per heavy atom. The lowest BCUT2D eigenvalue weighted by atomic mass is 10.2. The van der Waals surface area contributed by atoms with Crippen molar-refractivity contribution >= 4 is 33.0 Å². The van der Waals surface area contributed by atoms with Gasteiger partial charge in [0.1, 0.15) is 11.0 Å². The highest BCUT2D eigenvalue weighted by Gasteiger charge is 2.18. The second-order valence-corrected chi connectivity index (χ2v) is 9.67. The molecule has 0 fully saturated rings. The topological polar surface area (TPSA) is 105 Å². The molecule has 0 aliphatic carbocycles. The summed E-state index contributed by atoms with van der Waals surface area (Å²) in [6, 6.07) is 5.89. The van der Waals surface area contributed by atoms with E-state index in [0.29, 0.717) is 10.7 Å². The number of hydrogen-bond donors (Lipinski definition) is 2. The summed E-state index contributed by atoms with van der Waals surface area (Å²) >= 11 is 1.34. The quantitative estimate of drug-likeness (QED) is 0.677. The Morgan fingerprint density at radius 1 is 1.14 bits per heavy atom. The van der Waals surface area contributed by atoms with Crippen LogP contribution in [-0.4, -0.2) is 43.6 Å². The predicted octanol–water partition coefficient (Wildman–Crippen LogP) is 2.18. The third kappa shape index (κ3) is 6.13. The Kier molecular flexibility index (Phi) is 7.31. The molecule has 1 aromatic heterocycles. The Labute approximate surface area is 169 Å². The number of benzene rings is 1. The maximum Gasteiger partial charge on any atom is 0.242 e. The van der Waals surface area contributed by atoms with Gasteiger partial charge < -0.3 is 10.6 Å². The highest BCUT2D eigenvalue weighted by molar-refractivity contribution is 7.90. The molecule has 2 rings (SSSR count). The van der Waals surface area contributed by atoms with Crippen molar-refractivity contribution in [2.75, 3.05) is 6.26 Å². The van der Waals surface area contributed by atoms with Gasteiger partial charge in [0.2, 0.25) is 11.8 Å². The Morgan fingerprint density at radius 3 is 2.36 bits per heavy atom. The van der Waals surface area contributed by atoms with Gasteiger partial charge in [-0.1, -0.05) is 19.1 Å². The van der Waals surface area contributed by atoms with Crippen LogP contribution in [-0.2, 0) is 25.8 Å². The van der Waals surface area contributed by atoms with Gasteiger partial charge in [-0.15, -0.1) is 11.3 Å². The van der Waals surface area contributed by atoms with Crippen LogP contribution >= 0.6 is 11.3 Å². The van der Waals surface area contributed by atoms with Gasteiger partial charge in [0.05, 0.1) is 17.0 Å². The van der Waals surface area contributed by atoms with Crippen molar-refractivity contribution in [1.29, 1.82) is 0 Å². The van der Waals surface area contributed by atoms with Gasteiger partial charge in [0.25, 0.3) is 0 Å². The van der Waals surface area contributed by atoms with E-state index in [2.05, 4.69) is 15.6 Å². The molecule has 152 valence electrons. The monoisotopic (exact) mass is 423 g/mol. The molecule has 1 heterocycles. The fourth-order valence-corrected chi connectivity index (χ4v) is 3.80. The third-order valence-corrected chi connectivity index (χ3v) is 6.19. The number of carbonyl (C=O) groups excluding carboxylic acids is 2. The second-order valence-electron chi connectivity index (χ2n) is 6.71. The fourth-order valence-electron chi connectivity index (χ4n) is 2.36. The fraction of sp³-hybridized carbons (Fsp3) is 0.421. The van der Waals surface area contributed by atoms with Crippen molar-refractivity contribution in [3.8, 4) is 11.3 Å². The molecule has 0 saturated heterocycles. The maximum atomic E-state index is 12.2. The molecule has 0 bridgehead atoms. The molecule has 2 atom stereocenters. The van der Waals surface area contributed by atoms with E-state index in [1.807, 2.05) is 19.2 Å². The number of sulfone groups is 1. The van der Waals surface area contributed by atoms with E-state index in [4.69, 9.17) is 0 Å². The molecule has 0 unspecified atom stereocenters. The minimum Gasteiger partial charge on any atom is -0.352 e. The maximum absolute atomic E-state index is 12.2. The zero-order valence-corrected chi connectivity index (χ0v) is 18.0. The normalized spacial score (nSPS) is 13.6. The number of hydrogen-bond acceptors (Lipinski definition) is 6. The van der Waals surface area contributed by atoms with Crippen LogP contribution in [0.2, 0.25) is 0 Å². The van der Waals surface area contributed by atoms with Gasteiger partial charge >= 0.3 is 0 Å². The van der Waals surface area contributed by atoms with Crippen molar-refractivity contribution < 1.29 is 18.0 Å². The SMILES string of the molecule is CC[C@@H](C)NC(=O)[C@H](C)NC(=O)Cc1nc(-c2ccc(S(C)(=O)=O)cc2)cs1.